The fraction of sp³-hybridized carbons (Fsp3) is 0.455. The van der Waals surface area contributed by atoms with Crippen molar-refractivity contribution in [3.8, 4) is 0 Å². The highest BCUT2D eigenvalue weighted by atomic mass is 14.3. The summed E-state index contributed by atoms with van der Waals surface area (Å²) in [6, 6.07) is 4.67. The summed E-state index contributed by atoms with van der Waals surface area (Å²) < 4.78 is 0. The van der Waals surface area contributed by atoms with Gasteiger partial charge >= 0.3 is 0 Å². The molecule has 0 amide bonds. The van der Waals surface area contributed by atoms with E-state index in [2.05, 4.69) is 12.1 Å². The van der Waals surface area contributed by atoms with Crippen LogP contribution in [0.4, 0.5) is 0 Å². The maximum Gasteiger partial charge on any atom is -0.00171 e. The average molecular weight is 144 g/mol. The SMILES string of the molecule is c1cc2c(c3c1CCCC3)C2. The number of fused-ring (bicyclic) bond motifs is 3. The van der Waals surface area contributed by atoms with Crippen LogP contribution in [0.2, 0.25) is 0 Å². The van der Waals surface area contributed by atoms with Crippen LogP contribution in [0.1, 0.15) is 35.1 Å². The van der Waals surface area contributed by atoms with Gasteiger partial charge in [0.2, 0.25) is 0 Å². The molecule has 2 aliphatic rings. The van der Waals surface area contributed by atoms with Gasteiger partial charge in [-0.3, -0.25) is 0 Å². The third kappa shape index (κ3) is 0.756. The molecule has 1 aromatic rings. The van der Waals surface area contributed by atoms with Gasteiger partial charge in [0.05, 0.1) is 0 Å². The van der Waals surface area contributed by atoms with E-state index < -0.39 is 0 Å². The zero-order chi connectivity index (χ0) is 7.26. The van der Waals surface area contributed by atoms with E-state index in [-0.39, 0.29) is 0 Å². The van der Waals surface area contributed by atoms with Crippen LogP contribution in [0.3, 0.4) is 0 Å². The van der Waals surface area contributed by atoms with Crippen molar-refractivity contribution in [2.45, 2.75) is 32.1 Å². The molecule has 0 heterocycles. The van der Waals surface area contributed by atoms with E-state index in [1.807, 2.05) is 0 Å². The van der Waals surface area contributed by atoms with Crippen LogP contribution in [0, 0.1) is 0 Å². The Kier molecular flexibility index (Phi) is 0.993. The monoisotopic (exact) mass is 144 g/mol. The molecule has 0 radical (unpaired) electrons. The van der Waals surface area contributed by atoms with E-state index in [9.17, 15) is 0 Å². The van der Waals surface area contributed by atoms with E-state index in [1.54, 1.807) is 22.3 Å². The summed E-state index contributed by atoms with van der Waals surface area (Å²) >= 11 is 0. The molecule has 0 unspecified atom stereocenters. The van der Waals surface area contributed by atoms with E-state index in [0.29, 0.717) is 0 Å². The van der Waals surface area contributed by atoms with Gasteiger partial charge in [0.25, 0.3) is 0 Å². The number of hydrogen-bond donors (Lipinski definition) is 0. The van der Waals surface area contributed by atoms with E-state index in [1.165, 1.54) is 32.1 Å². The van der Waals surface area contributed by atoms with E-state index in [4.69, 9.17) is 0 Å². The van der Waals surface area contributed by atoms with Crippen LogP contribution < -0.4 is 0 Å². The predicted molar refractivity (Wildman–Crippen MR) is 45.9 cm³/mol. The molecule has 0 saturated heterocycles. The number of hydrogen-bond acceptors (Lipinski definition) is 0. The molecule has 1 aromatic carbocycles. The Bertz CT molecular complexity index is 310. The first-order valence-corrected chi connectivity index (χ1v) is 4.57. The zero-order valence-corrected chi connectivity index (χ0v) is 6.69. The molecular weight excluding hydrogens is 132 g/mol. The molecule has 3 rings (SSSR count). The van der Waals surface area contributed by atoms with Gasteiger partial charge < -0.3 is 0 Å². The molecule has 0 aromatic heterocycles. The van der Waals surface area contributed by atoms with Gasteiger partial charge in [-0.15, -0.1) is 0 Å². The van der Waals surface area contributed by atoms with Crippen molar-refractivity contribution >= 4 is 0 Å². The topological polar surface area (TPSA) is 0 Å². The lowest BCUT2D eigenvalue weighted by atomic mass is 9.92. The molecule has 0 fully saturated rings. The van der Waals surface area contributed by atoms with Crippen LogP contribution in [0.25, 0.3) is 0 Å². The Hall–Kier alpha value is -0.780. The predicted octanol–water partition coefficient (Wildman–Crippen LogP) is 2.47. The first kappa shape index (κ1) is 5.82. The minimum Gasteiger partial charge on any atom is -0.0585 e. The summed E-state index contributed by atoms with van der Waals surface area (Å²) in [5, 5.41) is 0. The van der Waals surface area contributed by atoms with Crippen LogP contribution in [0.5, 0.6) is 0 Å². The summed E-state index contributed by atoms with van der Waals surface area (Å²) in [7, 11) is 0. The van der Waals surface area contributed by atoms with Crippen LogP contribution in [-0.2, 0) is 19.3 Å². The van der Waals surface area contributed by atoms with Crippen molar-refractivity contribution in [2.24, 2.45) is 0 Å². The van der Waals surface area contributed by atoms with Gasteiger partial charge in [-0.05, 0) is 54.4 Å². The fourth-order valence-electron chi connectivity index (χ4n) is 2.26. The normalized spacial score (nSPS) is 18.9. The summed E-state index contributed by atoms with van der Waals surface area (Å²) in [6.45, 7) is 0. The van der Waals surface area contributed by atoms with Crippen LogP contribution >= 0.6 is 0 Å². The second-order valence-electron chi connectivity index (χ2n) is 3.72. The smallest absolute Gasteiger partial charge is 0.00171 e. The summed E-state index contributed by atoms with van der Waals surface area (Å²) in [4.78, 5) is 0. The molecule has 0 spiro atoms. The van der Waals surface area contributed by atoms with Crippen molar-refractivity contribution < 1.29 is 0 Å². The van der Waals surface area contributed by atoms with Gasteiger partial charge in [-0.2, -0.15) is 0 Å². The van der Waals surface area contributed by atoms with Crippen LogP contribution in [-0.4, -0.2) is 0 Å². The Morgan fingerprint density at radius 2 is 1.64 bits per heavy atom. The summed E-state index contributed by atoms with van der Waals surface area (Å²) in [5.74, 6) is 0. The minimum absolute atomic E-state index is 1.30. The molecule has 56 valence electrons. The lowest BCUT2D eigenvalue weighted by Crippen LogP contribution is -2.01. The Morgan fingerprint density at radius 3 is 2.64 bits per heavy atom. The molecule has 0 nitrogen and oxygen atoms in total. The van der Waals surface area contributed by atoms with E-state index >= 15 is 0 Å². The highest BCUT2D eigenvalue weighted by Crippen LogP contribution is 2.36. The van der Waals surface area contributed by atoms with Gasteiger partial charge in [-0.25, -0.2) is 0 Å². The van der Waals surface area contributed by atoms with Gasteiger partial charge in [0.1, 0.15) is 0 Å². The molecule has 11 heavy (non-hydrogen) atoms. The molecule has 0 atom stereocenters. The van der Waals surface area contributed by atoms with Gasteiger partial charge in [-0.1, -0.05) is 12.1 Å². The highest BCUT2D eigenvalue weighted by Gasteiger charge is 2.24. The number of rotatable bonds is 0. The first-order chi connectivity index (χ1) is 5.45. The fourth-order valence-corrected chi connectivity index (χ4v) is 2.26. The Labute approximate surface area is 67.2 Å². The lowest BCUT2D eigenvalue weighted by molar-refractivity contribution is 0.685. The van der Waals surface area contributed by atoms with Crippen molar-refractivity contribution in [2.75, 3.05) is 0 Å². The molecule has 0 bridgehead atoms. The third-order valence-corrected chi connectivity index (χ3v) is 2.99. The van der Waals surface area contributed by atoms with Crippen molar-refractivity contribution in [1.82, 2.24) is 0 Å². The molecule has 0 N–H and O–H groups in total. The van der Waals surface area contributed by atoms with Crippen molar-refractivity contribution in [3.63, 3.8) is 0 Å². The summed E-state index contributed by atoms with van der Waals surface area (Å²) in [6.07, 6.45) is 6.83. The van der Waals surface area contributed by atoms with Crippen LogP contribution in [0.15, 0.2) is 12.1 Å². The highest BCUT2D eigenvalue weighted by molar-refractivity contribution is 5.54. The lowest BCUT2D eigenvalue weighted by Gasteiger charge is -2.14. The largest absolute Gasteiger partial charge is 0.0585 e. The Balaban J connectivity index is 2.20. The zero-order valence-electron chi connectivity index (χ0n) is 6.69. The average Bonchev–Trinajstić information content (AvgIpc) is 2.83. The minimum atomic E-state index is 1.30. The molecular formula is C11H12. The van der Waals surface area contributed by atoms with Crippen molar-refractivity contribution in [3.05, 3.63) is 34.4 Å². The Morgan fingerprint density at radius 1 is 0.818 bits per heavy atom. The molecule has 0 aliphatic heterocycles. The number of aryl methyl sites for hydroxylation is 1. The van der Waals surface area contributed by atoms with Gasteiger partial charge in [0.15, 0.2) is 0 Å². The third-order valence-electron chi connectivity index (χ3n) is 2.99. The standard InChI is InChI=1S/C11H12/c1-2-4-10-8(3-1)5-6-9-7-11(9)10/h5-6H,1-4,7H2. The summed E-state index contributed by atoms with van der Waals surface area (Å²) in [5.41, 5.74) is 6.68. The second-order valence-corrected chi connectivity index (χ2v) is 3.72. The molecule has 0 heteroatoms. The second kappa shape index (κ2) is 1.88. The molecule has 2 aliphatic carbocycles. The maximum absolute atomic E-state index is 2.35. The first-order valence-electron chi connectivity index (χ1n) is 4.57. The number of benzene rings is 1. The quantitative estimate of drug-likeness (QED) is 0.533. The van der Waals surface area contributed by atoms with Gasteiger partial charge in [0, 0.05) is 0 Å². The molecule has 0 saturated carbocycles. The maximum atomic E-state index is 2.35. The van der Waals surface area contributed by atoms with E-state index in [0.717, 1.165) is 0 Å². The van der Waals surface area contributed by atoms with Crippen molar-refractivity contribution in [1.29, 1.82) is 0 Å².